The van der Waals surface area contributed by atoms with Gasteiger partial charge >= 0.3 is 5.97 Å². The Balaban J connectivity index is 1.86. The molecule has 0 aromatic heterocycles. The summed E-state index contributed by atoms with van der Waals surface area (Å²) in [4.78, 5) is 15.6. The molecule has 4 rings (SSSR count). The minimum atomic E-state index is -0.551. The molecule has 3 aromatic carbocycles. The highest BCUT2D eigenvalue weighted by Crippen LogP contribution is 2.43. The summed E-state index contributed by atoms with van der Waals surface area (Å²) < 4.78 is 11.3. The number of hydrogen-bond donors (Lipinski definition) is 0. The summed E-state index contributed by atoms with van der Waals surface area (Å²) in [7, 11) is 1.66. The molecule has 1 atom stereocenters. The number of carbonyl (C=O) groups excluding carboxylic acids is 1. The van der Waals surface area contributed by atoms with Gasteiger partial charge in [0.15, 0.2) is 0 Å². The zero-order chi connectivity index (χ0) is 22.0. The molecule has 0 radical (unpaired) electrons. The Morgan fingerprint density at radius 3 is 2.03 bits per heavy atom. The van der Waals surface area contributed by atoms with Crippen LogP contribution in [0.5, 0.6) is 5.75 Å². The lowest BCUT2D eigenvalue weighted by Gasteiger charge is -2.36. The van der Waals surface area contributed by atoms with Crippen LogP contribution in [0.3, 0.4) is 0 Å². The van der Waals surface area contributed by atoms with Gasteiger partial charge in [-0.05, 0) is 55.7 Å². The molecule has 0 N–H and O–H groups in total. The van der Waals surface area contributed by atoms with Gasteiger partial charge in [-0.1, -0.05) is 60.7 Å². The molecule has 4 heteroatoms. The van der Waals surface area contributed by atoms with Gasteiger partial charge in [-0.25, -0.2) is 4.79 Å². The highest BCUT2D eigenvalue weighted by Gasteiger charge is 2.41. The SMILES string of the molecule is COc1ccc2c(c1)C[C@@H](C(=O)OC(C)(C)C)N2C(c1ccccc1)c1ccccc1. The number of hydrogen-bond acceptors (Lipinski definition) is 4. The summed E-state index contributed by atoms with van der Waals surface area (Å²) in [6, 6.07) is 26.1. The van der Waals surface area contributed by atoms with Crippen molar-refractivity contribution in [3.63, 3.8) is 0 Å². The number of methoxy groups -OCH3 is 1. The van der Waals surface area contributed by atoms with E-state index in [1.54, 1.807) is 7.11 Å². The molecule has 1 heterocycles. The summed E-state index contributed by atoms with van der Waals surface area (Å²) >= 11 is 0. The van der Waals surface area contributed by atoms with Crippen molar-refractivity contribution in [1.82, 2.24) is 0 Å². The average Bonchev–Trinajstić information content (AvgIpc) is 3.13. The van der Waals surface area contributed by atoms with Crippen LogP contribution in [0.4, 0.5) is 5.69 Å². The summed E-state index contributed by atoms with van der Waals surface area (Å²) in [5, 5.41) is 0. The zero-order valence-electron chi connectivity index (χ0n) is 18.5. The molecule has 0 bridgehead atoms. The molecule has 0 saturated heterocycles. The molecule has 0 fully saturated rings. The van der Waals surface area contributed by atoms with Gasteiger partial charge in [0.2, 0.25) is 0 Å². The van der Waals surface area contributed by atoms with Gasteiger partial charge in [0.1, 0.15) is 17.4 Å². The van der Waals surface area contributed by atoms with Crippen molar-refractivity contribution < 1.29 is 14.3 Å². The molecule has 0 spiro atoms. The first kappa shape index (κ1) is 21.0. The lowest BCUT2D eigenvalue weighted by atomic mass is 9.96. The second-order valence-corrected chi connectivity index (χ2v) is 8.88. The number of rotatable bonds is 5. The van der Waals surface area contributed by atoms with Crippen molar-refractivity contribution in [1.29, 1.82) is 0 Å². The predicted molar refractivity (Wildman–Crippen MR) is 124 cm³/mol. The Morgan fingerprint density at radius 1 is 0.935 bits per heavy atom. The third-order valence-electron chi connectivity index (χ3n) is 5.50. The Hall–Kier alpha value is -3.27. The number of ether oxygens (including phenoxy) is 2. The first-order chi connectivity index (χ1) is 14.9. The van der Waals surface area contributed by atoms with Crippen LogP contribution >= 0.6 is 0 Å². The third kappa shape index (κ3) is 4.43. The Labute approximate surface area is 184 Å². The van der Waals surface area contributed by atoms with Gasteiger partial charge in [0.25, 0.3) is 0 Å². The van der Waals surface area contributed by atoms with Crippen molar-refractivity contribution in [2.24, 2.45) is 0 Å². The van der Waals surface area contributed by atoms with Crippen molar-refractivity contribution >= 4 is 11.7 Å². The minimum Gasteiger partial charge on any atom is -0.497 e. The van der Waals surface area contributed by atoms with Gasteiger partial charge in [0, 0.05) is 12.1 Å². The number of benzene rings is 3. The Morgan fingerprint density at radius 2 is 1.52 bits per heavy atom. The topological polar surface area (TPSA) is 38.8 Å². The summed E-state index contributed by atoms with van der Waals surface area (Å²) in [5.41, 5.74) is 3.84. The van der Waals surface area contributed by atoms with Crippen LogP contribution in [0.15, 0.2) is 78.9 Å². The molecule has 4 nitrogen and oxygen atoms in total. The molecule has 0 unspecified atom stereocenters. The van der Waals surface area contributed by atoms with E-state index in [0.717, 1.165) is 28.1 Å². The smallest absolute Gasteiger partial charge is 0.329 e. The maximum Gasteiger partial charge on any atom is 0.329 e. The van der Waals surface area contributed by atoms with E-state index in [1.165, 1.54) is 0 Å². The van der Waals surface area contributed by atoms with Crippen molar-refractivity contribution in [3.8, 4) is 5.75 Å². The minimum absolute atomic E-state index is 0.116. The number of esters is 1. The lowest BCUT2D eigenvalue weighted by molar-refractivity contribution is -0.156. The molecule has 31 heavy (non-hydrogen) atoms. The summed E-state index contributed by atoms with van der Waals surface area (Å²) in [5.74, 6) is 0.582. The third-order valence-corrected chi connectivity index (χ3v) is 5.50. The highest BCUT2D eigenvalue weighted by molar-refractivity contribution is 5.85. The van der Waals surface area contributed by atoms with Crippen LogP contribution in [0.25, 0.3) is 0 Å². The fourth-order valence-corrected chi connectivity index (χ4v) is 4.25. The number of nitrogens with zero attached hydrogens (tertiary/aromatic N) is 1. The molecular weight excluding hydrogens is 386 g/mol. The Kier molecular flexibility index (Phi) is 5.73. The van der Waals surface area contributed by atoms with Crippen LogP contribution in [0.1, 0.15) is 43.5 Å². The van der Waals surface area contributed by atoms with E-state index >= 15 is 0 Å². The van der Waals surface area contributed by atoms with Gasteiger partial charge in [-0.15, -0.1) is 0 Å². The van der Waals surface area contributed by atoms with E-state index < -0.39 is 11.6 Å². The van der Waals surface area contributed by atoms with Gasteiger partial charge < -0.3 is 14.4 Å². The van der Waals surface area contributed by atoms with Gasteiger partial charge in [0.05, 0.1) is 13.2 Å². The quantitative estimate of drug-likeness (QED) is 0.512. The van der Waals surface area contributed by atoms with E-state index in [-0.39, 0.29) is 12.0 Å². The molecule has 0 saturated carbocycles. The van der Waals surface area contributed by atoms with Crippen LogP contribution in [-0.2, 0) is 16.0 Å². The molecule has 160 valence electrons. The predicted octanol–water partition coefficient (Wildman–Crippen LogP) is 5.56. The maximum absolute atomic E-state index is 13.4. The summed E-state index contributed by atoms with van der Waals surface area (Å²) in [6.45, 7) is 5.73. The van der Waals surface area contributed by atoms with Crippen LogP contribution in [-0.4, -0.2) is 24.7 Å². The van der Waals surface area contributed by atoms with E-state index in [0.29, 0.717) is 6.42 Å². The average molecular weight is 416 g/mol. The first-order valence-corrected chi connectivity index (χ1v) is 10.7. The number of carbonyl (C=O) groups is 1. The second-order valence-electron chi connectivity index (χ2n) is 8.88. The lowest BCUT2D eigenvalue weighted by Crippen LogP contribution is -2.44. The summed E-state index contributed by atoms with van der Waals surface area (Å²) in [6.07, 6.45) is 0.581. The highest BCUT2D eigenvalue weighted by atomic mass is 16.6. The fraction of sp³-hybridized carbons (Fsp3) is 0.296. The van der Waals surface area contributed by atoms with E-state index in [1.807, 2.05) is 69.3 Å². The van der Waals surface area contributed by atoms with Gasteiger partial charge in [-0.2, -0.15) is 0 Å². The molecule has 0 amide bonds. The molecular formula is C27H29NO3. The largest absolute Gasteiger partial charge is 0.497 e. The Bertz CT molecular complexity index is 1000. The fourth-order valence-electron chi connectivity index (χ4n) is 4.25. The monoisotopic (exact) mass is 415 g/mol. The number of fused-ring (bicyclic) bond motifs is 1. The first-order valence-electron chi connectivity index (χ1n) is 10.7. The standard InChI is InChI=1S/C27H29NO3/c1-27(2,3)31-26(29)24-18-21-17-22(30-4)15-16-23(21)28(24)25(19-11-7-5-8-12-19)20-13-9-6-10-14-20/h5-17,24-25H,18H2,1-4H3/t24-/m0/s1. The second kappa shape index (κ2) is 8.46. The van der Waals surface area contributed by atoms with E-state index in [9.17, 15) is 4.79 Å². The molecule has 0 aliphatic carbocycles. The van der Waals surface area contributed by atoms with E-state index in [4.69, 9.17) is 9.47 Å². The van der Waals surface area contributed by atoms with E-state index in [2.05, 4.69) is 35.2 Å². The number of anilines is 1. The molecule has 3 aromatic rings. The zero-order valence-corrected chi connectivity index (χ0v) is 18.5. The van der Waals surface area contributed by atoms with Gasteiger partial charge in [-0.3, -0.25) is 0 Å². The maximum atomic E-state index is 13.4. The molecule has 1 aliphatic rings. The van der Waals surface area contributed by atoms with Crippen LogP contribution in [0, 0.1) is 0 Å². The van der Waals surface area contributed by atoms with Crippen molar-refractivity contribution in [2.45, 2.75) is 44.9 Å². The van der Waals surface area contributed by atoms with Crippen molar-refractivity contribution in [2.75, 3.05) is 12.0 Å². The molecule has 1 aliphatic heterocycles. The van der Waals surface area contributed by atoms with Crippen LogP contribution < -0.4 is 9.64 Å². The van der Waals surface area contributed by atoms with Crippen LogP contribution in [0.2, 0.25) is 0 Å². The van der Waals surface area contributed by atoms with Crippen molar-refractivity contribution in [3.05, 3.63) is 95.6 Å². The normalized spacial score (nSPS) is 15.6.